The number of nitrogens with two attached hydrogens (primary N) is 1. The van der Waals surface area contributed by atoms with Gasteiger partial charge in [-0.1, -0.05) is 47.5 Å². The molecule has 0 saturated heterocycles. The number of nitrogen functional groups attached to an aromatic ring is 1. The summed E-state index contributed by atoms with van der Waals surface area (Å²) in [5.41, 5.74) is 11.0. The van der Waals surface area contributed by atoms with E-state index in [9.17, 15) is 0 Å². The van der Waals surface area contributed by atoms with E-state index in [4.69, 9.17) is 17.3 Å². The Kier molecular flexibility index (Phi) is 3.67. The Morgan fingerprint density at radius 3 is 2.62 bits per heavy atom. The van der Waals surface area contributed by atoms with Crippen LogP contribution in [0.1, 0.15) is 11.1 Å². The van der Waals surface area contributed by atoms with E-state index in [2.05, 4.69) is 24.2 Å². The van der Waals surface area contributed by atoms with Gasteiger partial charge in [-0.25, -0.2) is 0 Å². The van der Waals surface area contributed by atoms with Crippen LogP contribution in [0.2, 0.25) is 5.02 Å². The Bertz CT molecular complexity index is 760. The third-order valence-electron chi connectivity index (χ3n) is 3.34. The molecule has 0 spiro atoms. The second kappa shape index (κ2) is 5.62. The van der Waals surface area contributed by atoms with Crippen molar-refractivity contribution < 1.29 is 0 Å². The first-order valence-electron chi connectivity index (χ1n) is 6.76. The summed E-state index contributed by atoms with van der Waals surface area (Å²) in [4.78, 5) is 0. The first kappa shape index (κ1) is 13.7. The van der Waals surface area contributed by atoms with E-state index in [1.165, 1.54) is 5.56 Å². The Hall–Kier alpha value is -2.26. The number of aromatic nitrogens is 2. The highest BCUT2D eigenvalue weighted by molar-refractivity contribution is 6.30. The SMILES string of the molecule is Cc1cccc(-c2nn(Cc3ccc(Cl)cc3)cc2N)c1. The van der Waals surface area contributed by atoms with Gasteiger partial charge in [0.05, 0.1) is 12.2 Å². The van der Waals surface area contributed by atoms with Crippen molar-refractivity contribution in [1.29, 1.82) is 0 Å². The molecule has 1 heterocycles. The summed E-state index contributed by atoms with van der Waals surface area (Å²) < 4.78 is 1.86. The highest BCUT2D eigenvalue weighted by Crippen LogP contribution is 2.25. The molecule has 0 fully saturated rings. The van der Waals surface area contributed by atoms with Crippen LogP contribution < -0.4 is 5.73 Å². The number of rotatable bonds is 3. The fourth-order valence-electron chi connectivity index (χ4n) is 2.31. The first-order chi connectivity index (χ1) is 10.1. The highest BCUT2D eigenvalue weighted by Gasteiger charge is 2.09. The summed E-state index contributed by atoms with van der Waals surface area (Å²) in [6.45, 7) is 2.73. The van der Waals surface area contributed by atoms with Crippen LogP contribution in [0, 0.1) is 6.92 Å². The Balaban J connectivity index is 1.89. The van der Waals surface area contributed by atoms with Gasteiger partial charge in [0.2, 0.25) is 0 Å². The fourth-order valence-corrected chi connectivity index (χ4v) is 2.44. The highest BCUT2D eigenvalue weighted by atomic mass is 35.5. The van der Waals surface area contributed by atoms with Gasteiger partial charge in [0, 0.05) is 16.8 Å². The molecule has 3 nitrogen and oxygen atoms in total. The molecule has 21 heavy (non-hydrogen) atoms. The minimum Gasteiger partial charge on any atom is -0.396 e. The summed E-state index contributed by atoms with van der Waals surface area (Å²) in [6, 6.07) is 15.9. The van der Waals surface area contributed by atoms with E-state index >= 15 is 0 Å². The van der Waals surface area contributed by atoms with E-state index in [1.54, 1.807) is 0 Å². The fraction of sp³-hybridized carbons (Fsp3) is 0.118. The van der Waals surface area contributed by atoms with Crippen LogP contribution in [0.25, 0.3) is 11.3 Å². The molecule has 3 aromatic rings. The second-order valence-electron chi connectivity index (χ2n) is 5.13. The first-order valence-corrected chi connectivity index (χ1v) is 7.14. The van der Waals surface area contributed by atoms with Crippen molar-refractivity contribution in [3.8, 4) is 11.3 Å². The number of hydrogen-bond acceptors (Lipinski definition) is 2. The smallest absolute Gasteiger partial charge is 0.115 e. The van der Waals surface area contributed by atoms with E-state index in [1.807, 2.05) is 47.3 Å². The van der Waals surface area contributed by atoms with Crippen LogP contribution in [-0.4, -0.2) is 9.78 Å². The summed E-state index contributed by atoms with van der Waals surface area (Å²) in [5, 5.41) is 5.33. The van der Waals surface area contributed by atoms with Gasteiger partial charge in [-0.3, -0.25) is 4.68 Å². The summed E-state index contributed by atoms with van der Waals surface area (Å²) >= 11 is 5.90. The van der Waals surface area contributed by atoms with Crippen LogP contribution in [0.4, 0.5) is 5.69 Å². The maximum atomic E-state index is 6.10. The zero-order chi connectivity index (χ0) is 14.8. The third-order valence-corrected chi connectivity index (χ3v) is 3.59. The minimum absolute atomic E-state index is 0.674. The molecule has 0 amide bonds. The largest absolute Gasteiger partial charge is 0.396 e. The molecule has 0 bridgehead atoms. The molecule has 3 rings (SSSR count). The van der Waals surface area contributed by atoms with Gasteiger partial charge in [0.1, 0.15) is 5.69 Å². The Labute approximate surface area is 129 Å². The van der Waals surface area contributed by atoms with Crippen molar-refractivity contribution in [3.63, 3.8) is 0 Å². The maximum absolute atomic E-state index is 6.10. The van der Waals surface area contributed by atoms with Crippen molar-refractivity contribution in [2.45, 2.75) is 13.5 Å². The van der Waals surface area contributed by atoms with Crippen LogP contribution in [0.15, 0.2) is 54.7 Å². The Morgan fingerprint density at radius 2 is 1.90 bits per heavy atom. The average Bonchev–Trinajstić information content (AvgIpc) is 2.82. The summed E-state index contributed by atoms with van der Waals surface area (Å²) in [6.07, 6.45) is 1.87. The second-order valence-corrected chi connectivity index (χ2v) is 5.56. The van der Waals surface area contributed by atoms with E-state index in [-0.39, 0.29) is 0 Å². The van der Waals surface area contributed by atoms with Crippen LogP contribution in [0.3, 0.4) is 0 Å². The molecule has 0 unspecified atom stereocenters. The molecular formula is C17H16ClN3. The van der Waals surface area contributed by atoms with Gasteiger partial charge in [0.15, 0.2) is 0 Å². The lowest BCUT2D eigenvalue weighted by molar-refractivity contribution is 0.689. The van der Waals surface area contributed by atoms with Gasteiger partial charge in [-0.15, -0.1) is 0 Å². The monoisotopic (exact) mass is 297 g/mol. The molecule has 0 saturated carbocycles. The predicted molar refractivity (Wildman–Crippen MR) is 87.4 cm³/mol. The molecule has 106 valence electrons. The summed E-state index contributed by atoms with van der Waals surface area (Å²) in [7, 11) is 0. The summed E-state index contributed by atoms with van der Waals surface area (Å²) in [5.74, 6) is 0. The van der Waals surface area contributed by atoms with Gasteiger partial charge in [0.25, 0.3) is 0 Å². The average molecular weight is 298 g/mol. The third kappa shape index (κ3) is 3.09. The molecule has 2 aromatic carbocycles. The van der Waals surface area contributed by atoms with Crippen molar-refractivity contribution in [2.75, 3.05) is 5.73 Å². The molecule has 1 aromatic heterocycles. The van der Waals surface area contributed by atoms with Gasteiger partial charge >= 0.3 is 0 Å². The maximum Gasteiger partial charge on any atom is 0.115 e. The number of nitrogens with zero attached hydrogens (tertiary/aromatic N) is 2. The van der Waals surface area contributed by atoms with Crippen LogP contribution >= 0.6 is 11.6 Å². The topological polar surface area (TPSA) is 43.8 Å². The van der Waals surface area contributed by atoms with Crippen molar-refractivity contribution >= 4 is 17.3 Å². The Morgan fingerprint density at radius 1 is 1.14 bits per heavy atom. The minimum atomic E-state index is 0.674. The zero-order valence-corrected chi connectivity index (χ0v) is 12.5. The van der Waals surface area contributed by atoms with E-state index in [0.717, 1.165) is 21.8 Å². The molecular weight excluding hydrogens is 282 g/mol. The van der Waals surface area contributed by atoms with Crippen molar-refractivity contribution in [1.82, 2.24) is 9.78 Å². The van der Waals surface area contributed by atoms with Crippen LogP contribution in [0.5, 0.6) is 0 Å². The van der Waals surface area contributed by atoms with Gasteiger partial charge in [-0.2, -0.15) is 5.10 Å². The lowest BCUT2D eigenvalue weighted by atomic mass is 10.1. The standard InChI is InChI=1S/C17H16ClN3/c1-12-3-2-4-14(9-12)17-16(19)11-21(20-17)10-13-5-7-15(18)8-6-13/h2-9,11H,10,19H2,1H3. The van der Waals surface area contributed by atoms with Gasteiger partial charge < -0.3 is 5.73 Å². The quantitative estimate of drug-likeness (QED) is 0.789. The zero-order valence-electron chi connectivity index (χ0n) is 11.8. The normalized spacial score (nSPS) is 10.8. The van der Waals surface area contributed by atoms with Crippen molar-refractivity contribution in [2.24, 2.45) is 0 Å². The lowest BCUT2D eigenvalue weighted by Crippen LogP contribution is -2.00. The number of hydrogen-bond donors (Lipinski definition) is 1. The molecule has 0 aliphatic heterocycles. The lowest BCUT2D eigenvalue weighted by Gasteiger charge is -2.02. The van der Waals surface area contributed by atoms with Crippen molar-refractivity contribution in [3.05, 3.63) is 70.9 Å². The number of aryl methyl sites for hydroxylation is 1. The van der Waals surface area contributed by atoms with Crippen LogP contribution in [-0.2, 0) is 6.54 Å². The molecule has 0 aliphatic rings. The molecule has 0 radical (unpaired) electrons. The number of anilines is 1. The molecule has 0 aliphatic carbocycles. The number of halogens is 1. The molecule has 2 N–H and O–H groups in total. The van der Waals surface area contributed by atoms with E-state index in [0.29, 0.717) is 12.2 Å². The van der Waals surface area contributed by atoms with E-state index < -0.39 is 0 Å². The predicted octanol–water partition coefficient (Wildman–Crippen LogP) is 4.14. The molecule has 4 heteroatoms. The van der Waals surface area contributed by atoms with Gasteiger partial charge in [-0.05, 0) is 30.7 Å². The molecule has 0 atom stereocenters. The number of benzene rings is 2.